The molecule has 0 aromatic heterocycles. The van der Waals surface area contributed by atoms with E-state index in [2.05, 4.69) is 0 Å². The summed E-state index contributed by atoms with van der Waals surface area (Å²) >= 11 is 0. The van der Waals surface area contributed by atoms with Crippen LogP contribution in [0.15, 0.2) is 60.7 Å². The lowest BCUT2D eigenvalue weighted by Crippen LogP contribution is -2.31. The van der Waals surface area contributed by atoms with Crippen molar-refractivity contribution in [3.63, 3.8) is 0 Å². The van der Waals surface area contributed by atoms with Crippen LogP contribution >= 0.6 is 0 Å². The molecule has 0 spiro atoms. The second kappa shape index (κ2) is 10.2. The minimum absolute atomic E-state index is 0.321. The Morgan fingerprint density at radius 2 is 1.58 bits per heavy atom. The van der Waals surface area contributed by atoms with Crippen LogP contribution in [0.1, 0.15) is 15.9 Å². The van der Waals surface area contributed by atoms with Gasteiger partial charge in [-0.2, -0.15) is 0 Å². The van der Waals surface area contributed by atoms with E-state index in [1.165, 1.54) is 4.90 Å². The van der Waals surface area contributed by atoms with Crippen LogP contribution in [-0.4, -0.2) is 50.4 Å². The van der Waals surface area contributed by atoms with Crippen molar-refractivity contribution in [1.82, 2.24) is 4.90 Å². The van der Waals surface area contributed by atoms with Crippen LogP contribution in [0.5, 0.6) is 11.5 Å². The van der Waals surface area contributed by atoms with Crippen molar-refractivity contribution < 1.29 is 28.6 Å². The van der Waals surface area contributed by atoms with Crippen molar-refractivity contribution in [2.75, 3.05) is 27.4 Å². The Labute approximate surface area is 180 Å². The molecule has 3 rings (SSSR count). The summed E-state index contributed by atoms with van der Waals surface area (Å²) in [6.45, 7) is -0.308. The zero-order valence-electron chi connectivity index (χ0n) is 17.4. The van der Waals surface area contributed by atoms with Gasteiger partial charge in [-0.1, -0.05) is 18.2 Å². The highest BCUT2D eigenvalue weighted by atomic mass is 16.6. The van der Waals surface area contributed by atoms with Crippen LogP contribution in [0.25, 0.3) is 10.8 Å². The van der Waals surface area contributed by atoms with Crippen molar-refractivity contribution >= 4 is 28.9 Å². The Kier molecular flexibility index (Phi) is 7.22. The van der Waals surface area contributed by atoms with Gasteiger partial charge in [-0.05, 0) is 58.8 Å². The molecule has 0 heterocycles. The SMILES string of the molecule is COc1ccc2cc(CN(C)C(=O)COC(=O)COc3ccc(C=O)cc3)ccc2c1. The molecule has 0 aliphatic rings. The zero-order chi connectivity index (χ0) is 22.2. The molecule has 31 heavy (non-hydrogen) atoms. The molecule has 0 aliphatic carbocycles. The van der Waals surface area contributed by atoms with Gasteiger partial charge in [0.1, 0.15) is 17.8 Å². The Balaban J connectivity index is 1.46. The fourth-order valence-corrected chi connectivity index (χ4v) is 2.94. The average molecular weight is 421 g/mol. The molecular formula is C24H23NO6. The van der Waals surface area contributed by atoms with Crippen molar-refractivity contribution in [3.05, 3.63) is 71.8 Å². The Morgan fingerprint density at radius 3 is 2.29 bits per heavy atom. The Morgan fingerprint density at radius 1 is 0.903 bits per heavy atom. The van der Waals surface area contributed by atoms with E-state index in [9.17, 15) is 14.4 Å². The molecule has 0 aliphatic heterocycles. The number of methoxy groups -OCH3 is 1. The summed E-state index contributed by atoms with van der Waals surface area (Å²) in [7, 11) is 3.28. The maximum Gasteiger partial charge on any atom is 0.344 e. The number of benzene rings is 3. The first-order valence-electron chi connectivity index (χ1n) is 9.63. The fraction of sp³-hybridized carbons (Fsp3) is 0.208. The number of hydrogen-bond acceptors (Lipinski definition) is 6. The third-order valence-corrected chi connectivity index (χ3v) is 4.69. The lowest BCUT2D eigenvalue weighted by atomic mass is 10.1. The highest BCUT2D eigenvalue weighted by Crippen LogP contribution is 2.22. The number of likely N-dealkylation sites (N-methyl/N-ethyl adjacent to an activating group) is 1. The van der Waals surface area contributed by atoms with Gasteiger partial charge in [0.25, 0.3) is 5.91 Å². The van der Waals surface area contributed by atoms with Gasteiger partial charge in [-0.25, -0.2) is 4.79 Å². The predicted octanol–water partition coefficient (Wildman–Crippen LogP) is 3.24. The first-order chi connectivity index (χ1) is 15.0. The third-order valence-electron chi connectivity index (χ3n) is 4.69. The van der Waals surface area contributed by atoms with E-state index in [4.69, 9.17) is 14.2 Å². The van der Waals surface area contributed by atoms with Crippen LogP contribution in [0, 0.1) is 0 Å². The van der Waals surface area contributed by atoms with Gasteiger partial charge in [0.2, 0.25) is 0 Å². The molecule has 0 bridgehead atoms. The second-order valence-electron chi connectivity index (χ2n) is 6.93. The highest BCUT2D eigenvalue weighted by molar-refractivity contribution is 5.85. The molecule has 3 aromatic rings. The smallest absolute Gasteiger partial charge is 0.344 e. The number of aldehydes is 1. The lowest BCUT2D eigenvalue weighted by Gasteiger charge is -2.17. The largest absolute Gasteiger partial charge is 0.497 e. The highest BCUT2D eigenvalue weighted by Gasteiger charge is 2.13. The normalized spacial score (nSPS) is 10.4. The summed E-state index contributed by atoms with van der Waals surface area (Å²) in [6.07, 6.45) is 0.717. The monoisotopic (exact) mass is 421 g/mol. The zero-order valence-corrected chi connectivity index (χ0v) is 17.4. The molecule has 160 valence electrons. The Hall–Kier alpha value is -3.87. The fourth-order valence-electron chi connectivity index (χ4n) is 2.94. The van der Waals surface area contributed by atoms with Crippen LogP contribution in [0.2, 0.25) is 0 Å². The van der Waals surface area contributed by atoms with Crippen LogP contribution in [0.3, 0.4) is 0 Å². The van der Waals surface area contributed by atoms with E-state index in [1.807, 2.05) is 36.4 Å². The molecule has 1 amide bonds. The topological polar surface area (TPSA) is 82.1 Å². The molecule has 0 N–H and O–H groups in total. The quantitative estimate of drug-likeness (QED) is 0.390. The van der Waals surface area contributed by atoms with Gasteiger partial charge in [0, 0.05) is 19.2 Å². The number of esters is 1. The van der Waals surface area contributed by atoms with Crippen LogP contribution in [0.4, 0.5) is 0 Å². The molecule has 0 saturated carbocycles. The van der Waals surface area contributed by atoms with Crippen molar-refractivity contribution in [3.8, 4) is 11.5 Å². The van der Waals surface area contributed by atoms with E-state index in [1.54, 1.807) is 38.4 Å². The summed E-state index contributed by atoms with van der Waals surface area (Å²) < 4.78 is 15.5. The van der Waals surface area contributed by atoms with E-state index in [0.29, 0.717) is 17.9 Å². The minimum atomic E-state index is -0.652. The molecule has 7 heteroatoms. The van der Waals surface area contributed by atoms with E-state index in [-0.39, 0.29) is 19.1 Å². The van der Waals surface area contributed by atoms with Gasteiger partial charge in [0.05, 0.1) is 7.11 Å². The molecule has 0 unspecified atom stereocenters. The molecule has 3 aromatic carbocycles. The predicted molar refractivity (Wildman–Crippen MR) is 115 cm³/mol. The van der Waals surface area contributed by atoms with Crippen LogP contribution < -0.4 is 9.47 Å². The molecule has 0 atom stereocenters. The van der Waals surface area contributed by atoms with Gasteiger partial charge in [-0.3, -0.25) is 9.59 Å². The summed E-state index contributed by atoms with van der Waals surface area (Å²) in [5, 5.41) is 2.09. The number of carbonyl (C=O) groups excluding carboxylic acids is 3. The number of carbonyl (C=O) groups is 3. The second-order valence-corrected chi connectivity index (χ2v) is 6.93. The van der Waals surface area contributed by atoms with Gasteiger partial charge < -0.3 is 19.1 Å². The number of fused-ring (bicyclic) bond motifs is 1. The molecular weight excluding hydrogens is 398 g/mol. The summed E-state index contributed by atoms with van der Waals surface area (Å²) in [5.74, 6) is 0.246. The summed E-state index contributed by atoms with van der Waals surface area (Å²) in [5.41, 5.74) is 1.47. The summed E-state index contributed by atoms with van der Waals surface area (Å²) in [4.78, 5) is 36.3. The number of nitrogens with zero attached hydrogens (tertiary/aromatic N) is 1. The van der Waals surface area contributed by atoms with E-state index >= 15 is 0 Å². The molecule has 0 radical (unpaired) electrons. The number of hydrogen-bond donors (Lipinski definition) is 0. The van der Waals surface area contributed by atoms with Gasteiger partial charge >= 0.3 is 5.97 Å². The lowest BCUT2D eigenvalue weighted by molar-refractivity contribution is -0.153. The van der Waals surface area contributed by atoms with Crippen molar-refractivity contribution in [2.45, 2.75) is 6.54 Å². The van der Waals surface area contributed by atoms with Crippen molar-refractivity contribution in [1.29, 1.82) is 0 Å². The third kappa shape index (κ3) is 6.05. The van der Waals surface area contributed by atoms with E-state index in [0.717, 1.165) is 28.4 Å². The number of amides is 1. The standard InChI is InChI=1S/C24H23NO6/c1-25(13-18-3-6-20-12-22(29-2)10-7-19(20)11-18)23(27)15-31-24(28)16-30-21-8-4-17(14-26)5-9-21/h3-12,14H,13,15-16H2,1-2H3. The van der Waals surface area contributed by atoms with Gasteiger partial charge in [0.15, 0.2) is 13.2 Å². The van der Waals surface area contributed by atoms with Crippen molar-refractivity contribution in [2.24, 2.45) is 0 Å². The summed E-state index contributed by atoms with van der Waals surface area (Å²) in [6, 6.07) is 18.1. The van der Waals surface area contributed by atoms with Gasteiger partial charge in [-0.15, -0.1) is 0 Å². The first-order valence-corrected chi connectivity index (χ1v) is 9.63. The number of rotatable bonds is 9. The first kappa shape index (κ1) is 21.8. The number of ether oxygens (including phenoxy) is 3. The average Bonchev–Trinajstić information content (AvgIpc) is 2.81. The molecule has 0 saturated heterocycles. The minimum Gasteiger partial charge on any atom is -0.497 e. The van der Waals surface area contributed by atoms with E-state index < -0.39 is 5.97 Å². The molecule has 7 nitrogen and oxygen atoms in total. The Bertz CT molecular complexity index is 1080. The maximum absolute atomic E-state index is 12.3. The molecule has 0 fully saturated rings. The van der Waals surface area contributed by atoms with Crippen LogP contribution in [-0.2, 0) is 20.9 Å². The maximum atomic E-state index is 12.3.